The topological polar surface area (TPSA) is 75.6 Å². The zero-order chi connectivity index (χ0) is 15.0. The van der Waals surface area contributed by atoms with Gasteiger partial charge in [0.2, 0.25) is 10.0 Å². The van der Waals surface area contributed by atoms with Crippen molar-refractivity contribution in [2.75, 3.05) is 20.3 Å². The molecule has 0 bridgehead atoms. The Hall–Kier alpha value is -1.39. The van der Waals surface area contributed by atoms with Crippen LogP contribution in [0.1, 0.15) is 18.9 Å². The van der Waals surface area contributed by atoms with Crippen LogP contribution in [0, 0.1) is 11.8 Å². The summed E-state index contributed by atoms with van der Waals surface area (Å²) in [5, 5.41) is 8.70. The lowest BCUT2D eigenvalue weighted by atomic mass is 10.2. The van der Waals surface area contributed by atoms with Gasteiger partial charge in [-0.1, -0.05) is 24.0 Å². The predicted molar refractivity (Wildman–Crippen MR) is 76.7 cm³/mol. The van der Waals surface area contributed by atoms with E-state index in [0.717, 1.165) is 0 Å². The van der Waals surface area contributed by atoms with E-state index in [-0.39, 0.29) is 24.2 Å². The van der Waals surface area contributed by atoms with Crippen LogP contribution in [-0.2, 0) is 14.8 Å². The van der Waals surface area contributed by atoms with E-state index in [0.29, 0.717) is 12.0 Å². The van der Waals surface area contributed by atoms with E-state index in [4.69, 9.17) is 9.84 Å². The van der Waals surface area contributed by atoms with E-state index in [2.05, 4.69) is 16.6 Å². The van der Waals surface area contributed by atoms with Crippen molar-refractivity contribution >= 4 is 10.0 Å². The first-order valence-corrected chi connectivity index (χ1v) is 7.70. The maximum absolute atomic E-state index is 12.2. The molecule has 1 unspecified atom stereocenters. The summed E-state index contributed by atoms with van der Waals surface area (Å²) in [6.07, 6.45) is 0.0973. The number of hydrogen-bond donors (Lipinski definition) is 2. The molecule has 0 aromatic heterocycles. The Morgan fingerprint density at radius 3 is 2.75 bits per heavy atom. The second kappa shape index (κ2) is 8.02. The minimum Gasteiger partial charge on any atom is -0.395 e. The molecule has 1 aromatic carbocycles. The van der Waals surface area contributed by atoms with Crippen LogP contribution in [0.2, 0.25) is 0 Å². The van der Waals surface area contributed by atoms with E-state index >= 15 is 0 Å². The zero-order valence-electron chi connectivity index (χ0n) is 11.6. The van der Waals surface area contributed by atoms with Gasteiger partial charge in [0, 0.05) is 25.6 Å². The highest BCUT2D eigenvalue weighted by Gasteiger charge is 2.17. The fraction of sp³-hybridized carbons (Fsp3) is 0.429. The lowest BCUT2D eigenvalue weighted by molar-refractivity contribution is 0.122. The number of benzene rings is 1. The molecule has 1 rings (SSSR count). The van der Waals surface area contributed by atoms with Gasteiger partial charge in [0.15, 0.2) is 0 Å². The molecule has 110 valence electrons. The first kappa shape index (κ1) is 16.7. The molecule has 1 atom stereocenters. The van der Waals surface area contributed by atoms with Crippen molar-refractivity contribution in [3.8, 4) is 11.8 Å². The van der Waals surface area contributed by atoms with Crippen LogP contribution in [0.4, 0.5) is 0 Å². The molecule has 5 nitrogen and oxygen atoms in total. The van der Waals surface area contributed by atoms with Crippen molar-refractivity contribution in [2.45, 2.75) is 24.3 Å². The number of methoxy groups -OCH3 is 1. The van der Waals surface area contributed by atoms with Crippen molar-refractivity contribution < 1.29 is 18.3 Å². The molecule has 0 spiro atoms. The van der Waals surface area contributed by atoms with Gasteiger partial charge >= 0.3 is 0 Å². The summed E-state index contributed by atoms with van der Waals surface area (Å²) in [7, 11) is -2.11. The second-order valence-corrected chi connectivity index (χ2v) is 5.91. The fourth-order valence-corrected chi connectivity index (χ4v) is 2.68. The first-order chi connectivity index (χ1) is 9.51. The Morgan fingerprint density at radius 1 is 1.40 bits per heavy atom. The average Bonchev–Trinajstić information content (AvgIpc) is 2.45. The van der Waals surface area contributed by atoms with Gasteiger partial charge in [0.1, 0.15) is 0 Å². The van der Waals surface area contributed by atoms with Gasteiger partial charge in [-0.3, -0.25) is 0 Å². The van der Waals surface area contributed by atoms with Crippen molar-refractivity contribution in [1.82, 2.24) is 4.72 Å². The van der Waals surface area contributed by atoms with Crippen LogP contribution in [0.5, 0.6) is 0 Å². The zero-order valence-corrected chi connectivity index (χ0v) is 12.4. The summed E-state index contributed by atoms with van der Waals surface area (Å²) in [5.41, 5.74) is 0.415. The number of nitrogens with one attached hydrogen (secondary N) is 1. The SMILES string of the molecule is COC(C)CNS(=O)(=O)c1ccccc1C#CCCO. The number of aliphatic hydroxyl groups excluding tert-OH is 1. The molecule has 20 heavy (non-hydrogen) atoms. The van der Waals surface area contributed by atoms with Crippen molar-refractivity contribution in [2.24, 2.45) is 0 Å². The van der Waals surface area contributed by atoms with Crippen LogP contribution in [-0.4, -0.2) is 39.9 Å². The van der Waals surface area contributed by atoms with Gasteiger partial charge in [-0.05, 0) is 19.1 Å². The molecular weight excluding hydrogens is 278 g/mol. The van der Waals surface area contributed by atoms with Gasteiger partial charge < -0.3 is 9.84 Å². The van der Waals surface area contributed by atoms with E-state index in [1.165, 1.54) is 13.2 Å². The summed E-state index contributed by atoms with van der Waals surface area (Å²) in [6, 6.07) is 6.51. The Kier molecular flexibility index (Phi) is 6.68. The van der Waals surface area contributed by atoms with Crippen molar-refractivity contribution in [3.63, 3.8) is 0 Å². The maximum atomic E-state index is 12.2. The van der Waals surface area contributed by atoms with Crippen LogP contribution in [0.15, 0.2) is 29.2 Å². The van der Waals surface area contributed by atoms with E-state index in [1.54, 1.807) is 25.1 Å². The molecule has 0 saturated heterocycles. The second-order valence-electron chi connectivity index (χ2n) is 4.17. The number of hydrogen-bond acceptors (Lipinski definition) is 4. The normalized spacial score (nSPS) is 12.6. The van der Waals surface area contributed by atoms with E-state index in [1.807, 2.05) is 0 Å². The lowest BCUT2D eigenvalue weighted by Crippen LogP contribution is -2.32. The summed E-state index contributed by atoms with van der Waals surface area (Å²) in [6.45, 7) is 1.91. The first-order valence-electron chi connectivity index (χ1n) is 6.22. The summed E-state index contributed by atoms with van der Waals surface area (Å²) in [5.74, 6) is 5.48. The Balaban J connectivity index is 2.98. The minimum absolute atomic E-state index is 0.0501. The highest BCUT2D eigenvalue weighted by Crippen LogP contribution is 2.14. The van der Waals surface area contributed by atoms with Crippen LogP contribution >= 0.6 is 0 Å². The molecule has 0 aliphatic heterocycles. The largest absolute Gasteiger partial charge is 0.395 e. The van der Waals surface area contributed by atoms with Crippen LogP contribution < -0.4 is 4.72 Å². The van der Waals surface area contributed by atoms with Crippen LogP contribution in [0.25, 0.3) is 0 Å². The number of ether oxygens (including phenoxy) is 1. The molecule has 0 aliphatic carbocycles. The summed E-state index contributed by atoms with van der Waals surface area (Å²) < 4.78 is 31.9. The smallest absolute Gasteiger partial charge is 0.241 e. The molecule has 0 radical (unpaired) electrons. The van der Waals surface area contributed by atoms with Gasteiger partial charge in [0.05, 0.1) is 17.6 Å². The summed E-state index contributed by atoms with van der Waals surface area (Å²) >= 11 is 0. The molecule has 6 heteroatoms. The third kappa shape index (κ3) is 4.94. The Labute approximate surface area is 120 Å². The quantitative estimate of drug-likeness (QED) is 0.759. The molecule has 0 amide bonds. The third-order valence-corrected chi connectivity index (χ3v) is 4.08. The van der Waals surface area contributed by atoms with Crippen molar-refractivity contribution in [3.05, 3.63) is 29.8 Å². The van der Waals surface area contributed by atoms with Crippen molar-refractivity contribution in [1.29, 1.82) is 0 Å². The predicted octanol–water partition coefficient (Wildman–Crippen LogP) is 0.734. The molecule has 0 fully saturated rings. The molecule has 0 aliphatic rings. The molecular formula is C14H19NO4S. The highest BCUT2D eigenvalue weighted by atomic mass is 32.2. The fourth-order valence-electron chi connectivity index (χ4n) is 1.41. The Bertz CT molecular complexity index is 587. The molecule has 2 N–H and O–H groups in total. The maximum Gasteiger partial charge on any atom is 0.241 e. The Morgan fingerprint density at radius 2 is 2.10 bits per heavy atom. The minimum atomic E-state index is -3.63. The third-order valence-electron chi connectivity index (χ3n) is 2.60. The van der Waals surface area contributed by atoms with Gasteiger partial charge in [-0.2, -0.15) is 0 Å². The monoisotopic (exact) mass is 297 g/mol. The summed E-state index contributed by atoms with van der Waals surface area (Å²) in [4.78, 5) is 0.133. The van der Waals surface area contributed by atoms with Gasteiger partial charge in [0.25, 0.3) is 0 Å². The lowest BCUT2D eigenvalue weighted by Gasteiger charge is -2.12. The molecule has 0 saturated carbocycles. The highest BCUT2D eigenvalue weighted by molar-refractivity contribution is 7.89. The van der Waals surface area contributed by atoms with Crippen LogP contribution in [0.3, 0.4) is 0 Å². The van der Waals surface area contributed by atoms with Gasteiger partial charge in [-0.15, -0.1) is 0 Å². The average molecular weight is 297 g/mol. The number of rotatable bonds is 6. The van der Waals surface area contributed by atoms with Gasteiger partial charge in [-0.25, -0.2) is 13.1 Å². The van der Waals surface area contributed by atoms with E-state index < -0.39 is 10.0 Å². The molecule has 1 aromatic rings. The number of sulfonamides is 1. The number of aliphatic hydroxyl groups is 1. The van der Waals surface area contributed by atoms with E-state index in [9.17, 15) is 8.42 Å². The standard InChI is InChI=1S/C14H19NO4S/c1-12(19-2)11-15-20(17,18)14-9-4-3-7-13(14)8-5-6-10-16/h3-4,7,9,12,15-16H,6,10-11H2,1-2H3. The molecule has 0 heterocycles.